The van der Waals surface area contributed by atoms with E-state index in [1.807, 2.05) is 12.1 Å². The molecular weight excluding hydrogens is 260 g/mol. The van der Waals surface area contributed by atoms with Crippen LogP contribution >= 0.6 is 12.2 Å². The molecule has 0 fully saturated rings. The molecule has 1 aromatic carbocycles. The molecule has 5 heteroatoms. The molecule has 0 bridgehead atoms. The van der Waals surface area contributed by atoms with Gasteiger partial charge in [0.1, 0.15) is 4.99 Å². The van der Waals surface area contributed by atoms with E-state index >= 15 is 0 Å². The Hall–Kier alpha value is -1.46. The molecule has 0 radical (unpaired) electrons. The molecule has 19 heavy (non-hydrogen) atoms. The number of ether oxygens (including phenoxy) is 1. The van der Waals surface area contributed by atoms with Crippen molar-refractivity contribution in [1.82, 2.24) is 0 Å². The van der Waals surface area contributed by atoms with E-state index in [4.69, 9.17) is 22.7 Å². The smallest absolute Gasteiger partial charge is 0.226 e. The third kappa shape index (κ3) is 5.81. The van der Waals surface area contributed by atoms with Gasteiger partial charge in [-0.05, 0) is 18.1 Å². The number of carbonyl (C=O) groups excluding carboxylic acids is 1. The number of anilines is 1. The maximum absolute atomic E-state index is 11.8. The van der Waals surface area contributed by atoms with Gasteiger partial charge in [-0.15, -0.1) is 0 Å². The molecular formula is C14H20N2O2S. The Morgan fingerprint density at radius 1 is 1.42 bits per heavy atom. The summed E-state index contributed by atoms with van der Waals surface area (Å²) < 4.78 is 5.37. The number of hydrogen-bond donors (Lipinski definition) is 2. The largest absolute Gasteiger partial charge is 0.389 e. The van der Waals surface area contributed by atoms with Crippen molar-refractivity contribution in [2.75, 3.05) is 18.5 Å². The number of amides is 1. The van der Waals surface area contributed by atoms with E-state index in [1.165, 1.54) is 0 Å². The second-order valence-corrected chi connectivity index (χ2v) is 5.12. The highest BCUT2D eigenvalue weighted by atomic mass is 32.1. The van der Waals surface area contributed by atoms with Crippen molar-refractivity contribution in [2.24, 2.45) is 11.7 Å². The Labute approximate surface area is 119 Å². The lowest BCUT2D eigenvalue weighted by atomic mass is 10.1. The van der Waals surface area contributed by atoms with Gasteiger partial charge >= 0.3 is 0 Å². The van der Waals surface area contributed by atoms with Crippen LogP contribution in [0.2, 0.25) is 0 Å². The molecule has 1 aromatic rings. The van der Waals surface area contributed by atoms with Crippen LogP contribution in [0, 0.1) is 5.92 Å². The molecule has 3 N–H and O–H groups in total. The Balaban J connectivity index is 2.46. The van der Waals surface area contributed by atoms with Gasteiger partial charge in [0.05, 0.1) is 18.7 Å². The molecule has 4 nitrogen and oxygen atoms in total. The van der Waals surface area contributed by atoms with E-state index in [0.29, 0.717) is 36.8 Å². The summed E-state index contributed by atoms with van der Waals surface area (Å²) in [7, 11) is 0. The van der Waals surface area contributed by atoms with Gasteiger partial charge in [-0.1, -0.05) is 38.2 Å². The second kappa shape index (κ2) is 7.86. The molecule has 104 valence electrons. The highest BCUT2D eigenvalue weighted by molar-refractivity contribution is 7.80. The summed E-state index contributed by atoms with van der Waals surface area (Å²) >= 11 is 4.94. The van der Waals surface area contributed by atoms with Crippen molar-refractivity contribution in [2.45, 2.75) is 20.3 Å². The van der Waals surface area contributed by atoms with Gasteiger partial charge in [-0.2, -0.15) is 0 Å². The normalized spacial score (nSPS) is 10.5. The summed E-state index contributed by atoms with van der Waals surface area (Å²) in [6, 6.07) is 7.22. The molecule has 0 saturated carbocycles. The van der Waals surface area contributed by atoms with Crippen LogP contribution < -0.4 is 11.1 Å². The number of rotatable bonds is 7. The predicted molar refractivity (Wildman–Crippen MR) is 81.2 cm³/mol. The van der Waals surface area contributed by atoms with Gasteiger partial charge in [0.25, 0.3) is 0 Å². The van der Waals surface area contributed by atoms with Crippen LogP contribution in [0.4, 0.5) is 5.69 Å². The number of para-hydroxylation sites is 1. The Bertz CT molecular complexity index is 447. The van der Waals surface area contributed by atoms with Crippen LogP contribution in [0.3, 0.4) is 0 Å². The summed E-state index contributed by atoms with van der Waals surface area (Å²) in [6.07, 6.45) is 0.318. The molecule has 0 spiro atoms. The molecule has 0 unspecified atom stereocenters. The lowest BCUT2D eigenvalue weighted by Gasteiger charge is -2.10. The van der Waals surface area contributed by atoms with E-state index in [0.717, 1.165) is 0 Å². The topological polar surface area (TPSA) is 64.3 Å². The zero-order valence-corrected chi connectivity index (χ0v) is 12.1. The Morgan fingerprint density at radius 3 is 2.74 bits per heavy atom. The zero-order chi connectivity index (χ0) is 14.3. The van der Waals surface area contributed by atoms with Gasteiger partial charge in [0, 0.05) is 12.2 Å². The first-order chi connectivity index (χ1) is 9.00. The Kier molecular flexibility index (Phi) is 6.45. The summed E-state index contributed by atoms with van der Waals surface area (Å²) in [6.45, 7) is 5.22. The van der Waals surface area contributed by atoms with Crippen LogP contribution in [-0.4, -0.2) is 24.1 Å². The van der Waals surface area contributed by atoms with Crippen LogP contribution in [0.1, 0.15) is 25.8 Å². The zero-order valence-electron chi connectivity index (χ0n) is 11.3. The van der Waals surface area contributed by atoms with Crippen molar-refractivity contribution < 1.29 is 9.53 Å². The Morgan fingerprint density at radius 2 is 2.11 bits per heavy atom. The average molecular weight is 280 g/mol. The number of nitrogens with two attached hydrogens (primary N) is 1. The van der Waals surface area contributed by atoms with Crippen molar-refractivity contribution >= 4 is 28.8 Å². The second-order valence-electron chi connectivity index (χ2n) is 4.68. The van der Waals surface area contributed by atoms with Crippen LogP contribution in [0.5, 0.6) is 0 Å². The minimum atomic E-state index is -0.104. The number of benzene rings is 1. The molecule has 1 rings (SSSR count). The fourth-order valence-corrected chi connectivity index (χ4v) is 1.68. The van der Waals surface area contributed by atoms with Crippen molar-refractivity contribution in [3.63, 3.8) is 0 Å². The monoisotopic (exact) mass is 280 g/mol. The van der Waals surface area contributed by atoms with Crippen LogP contribution in [0.15, 0.2) is 24.3 Å². The quantitative estimate of drug-likeness (QED) is 0.594. The summed E-state index contributed by atoms with van der Waals surface area (Å²) in [5.74, 6) is 0.367. The molecule has 1 amide bonds. The molecule has 0 aliphatic rings. The van der Waals surface area contributed by atoms with E-state index in [-0.39, 0.29) is 10.9 Å². The standard InChI is InChI=1S/C14H20N2O2S/c1-10(2)9-18-8-7-13(17)16-12-6-4-3-5-11(12)14(15)19/h3-6,10H,7-9H2,1-2H3,(H2,15,19)(H,16,17). The number of nitrogens with one attached hydrogen (secondary N) is 1. The third-order valence-electron chi connectivity index (χ3n) is 2.39. The molecule has 0 aliphatic heterocycles. The minimum Gasteiger partial charge on any atom is -0.389 e. The average Bonchev–Trinajstić information content (AvgIpc) is 2.35. The highest BCUT2D eigenvalue weighted by Crippen LogP contribution is 2.14. The van der Waals surface area contributed by atoms with Crippen molar-refractivity contribution in [3.05, 3.63) is 29.8 Å². The fourth-order valence-electron chi connectivity index (χ4n) is 1.50. The maximum Gasteiger partial charge on any atom is 0.226 e. The predicted octanol–water partition coefficient (Wildman–Crippen LogP) is 2.32. The first kappa shape index (κ1) is 15.6. The number of carbonyl (C=O) groups is 1. The summed E-state index contributed by atoms with van der Waals surface area (Å²) in [5, 5.41) is 2.79. The van der Waals surface area contributed by atoms with Gasteiger partial charge in [-0.3, -0.25) is 4.79 Å². The molecule has 0 atom stereocenters. The highest BCUT2D eigenvalue weighted by Gasteiger charge is 2.08. The lowest BCUT2D eigenvalue weighted by Crippen LogP contribution is -2.19. The SMILES string of the molecule is CC(C)COCCC(=O)Nc1ccccc1C(N)=S. The number of thiocarbonyl (C=S) groups is 1. The van der Waals surface area contributed by atoms with E-state index < -0.39 is 0 Å². The molecule has 0 aromatic heterocycles. The lowest BCUT2D eigenvalue weighted by molar-refractivity contribution is -0.117. The van der Waals surface area contributed by atoms with Gasteiger partial charge in [0.15, 0.2) is 0 Å². The molecule has 0 heterocycles. The van der Waals surface area contributed by atoms with Gasteiger partial charge in [-0.25, -0.2) is 0 Å². The van der Waals surface area contributed by atoms with E-state index in [1.54, 1.807) is 12.1 Å². The first-order valence-electron chi connectivity index (χ1n) is 6.27. The third-order valence-corrected chi connectivity index (χ3v) is 2.61. The summed E-state index contributed by atoms with van der Waals surface area (Å²) in [4.78, 5) is 12.0. The van der Waals surface area contributed by atoms with Crippen LogP contribution in [0.25, 0.3) is 0 Å². The molecule has 0 saturated heterocycles. The van der Waals surface area contributed by atoms with Crippen molar-refractivity contribution in [1.29, 1.82) is 0 Å². The van der Waals surface area contributed by atoms with E-state index in [9.17, 15) is 4.79 Å². The minimum absolute atomic E-state index is 0.104. The number of hydrogen-bond acceptors (Lipinski definition) is 3. The van der Waals surface area contributed by atoms with E-state index in [2.05, 4.69) is 19.2 Å². The first-order valence-corrected chi connectivity index (χ1v) is 6.68. The molecule has 0 aliphatic carbocycles. The maximum atomic E-state index is 11.8. The van der Waals surface area contributed by atoms with Gasteiger partial charge in [0.2, 0.25) is 5.91 Å². The van der Waals surface area contributed by atoms with Crippen LogP contribution in [-0.2, 0) is 9.53 Å². The van der Waals surface area contributed by atoms with Crippen molar-refractivity contribution in [3.8, 4) is 0 Å². The fraction of sp³-hybridized carbons (Fsp3) is 0.429. The van der Waals surface area contributed by atoms with Gasteiger partial charge < -0.3 is 15.8 Å². The summed E-state index contributed by atoms with van der Waals surface area (Å²) in [5.41, 5.74) is 6.92.